The lowest BCUT2D eigenvalue weighted by Crippen LogP contribution is -2.32. The van der Waals surface area contributed by atoms with Crippen molar-refractivity contribution in [3.8, 4) is 0 Å². The number of hydrogen-bond acceptors (Lipinski definition) is 3. The van der Waals surface area contributed by atoms with E-state index < -0.39 is 11.7 Å². The third kappa shape index (κ3) is 3.97. The molecule has 0 fully saturated rings. The number of anilines is 1. The Morgan fingerprint density at radius 1 is 1.38 bits per heavy atom. The van der Waals surface area contributed by atoms with Crippen molar-refractivity contribution in [1.29, 1.82) is 0 Å². The fourth-order valence-electron chi connectivity index (χ4n) is 2.41. The smallest absolute Gasteiger partial charge is 0.366 e. The molecule has 2 rings (SSSR count). The van der Waals surface area contributed by atoms with E-state index in [1.54, 1.807) is 6.20 Å². The summed E-state index contributed by atoms with van der Waals surface area (Å²) in [4.78, 5) is 6.30. The van der Waals surface area contributed by atoms with Crippen LogP contribution in [0.4, 0.5) is 18.9 Å². The largest absolute Gasteiger partial charge is 0.412 e. The molecule has 3 nitrogen and oxygen atoms in total. The number of pyridine rings is 1. The second-order valence-corrected chi connectivity index (χ2v) is 5.14. The monoisotopic (exact) mass is 299 g/mol. The Kier molecular flexibility index (Phi) is 4.88. The number of rotatable bonds is 4. The number of alkyl halides is 3. The Balaban J connectivity index is 2.03. The highest BCUT2D eigenvalue weighted by Gasteiger charge is 2.34. The van der Waals surface area contributed by atoms with Crippen LogP contribution < -0.4 is 10.2 Å². The zero-order valence-corrected chi connectivity index (χ0v) is 12.2. The zero-order chi connectivity index (χ0) is 15.5. The van der Waals surface area contributed by atoms with Crippen LogP contribution in [0.5, 0.6) is 0 Å². The van der Waals surface area contributed by atoms with Crippen LogP contribution in [-0.2, 0) is 0 Å². The number of hydrogen-bond donors (Lipinski definition) is 1. The molecule has 1 aliphatic rings. The van der Waals surface area contributed by atoms with Crippen LogP contribution in [0.25, 0.3) is 0 Å². The van der Waals surface area contributed by atoms with Crippen molar-refractivity contribution in [2.45, 2.75) is 32.5 Å². The van der Waals surface area contributed by atoms with Crippen molar-refractivity contribution in [3.63, 3.8) is 0 Å². The summed E-state index contributed by atoms with van der Waals surface area (Å²) in [6.45, 7) is 5.57. The van der Waals surface area contributed by atoms with Crippen LogP contribution in [0.15, 0.2) is 30.0 Å². The van der Waals surface area contributed by atoms with Gasteiger partial charge >= 0.3 is 6.18 Å². The first-order valence-electron chi connectivity index (χ1n) is 7.12. The third-order valence-electron chi connectivity index (χ3n) is 3.66. The quantitative estimate of drug-likeness (QED) is 0.863. The zero-order valence-electron chi connectivity index (χ0n) is 12.2. The highest BCUT2D eigenvalue weighted by molar-refractivity contribution is 5.47. The van der Waals surface area contributed by atoms with E-state index in [0.717, 1.165) is 17.9 Å². The lowest BCUT2D eigenvalue weighted by molar-refractivity contribution is -0.0943. The fourth-order valence-corrected chi connectivity index (χ4v) is 2.41. The molecule has 1 atom stereocenters. The van der Waals surface area contributed by atoms with Crippen molar-refractivity contribution >= 4 is 5.69 Å². The molecular weight excluding hydrogens is 279 g/mol. The Labute approximate surface area is 122 Å². The van der Waals surface area contributed by atoms with Crippen molar-refractivity contribution < 1.29 is 13.2 Å². The van der Waals surface area contributed by atoms with Gasteiger partial charge in [0.2, 0.25) is 0 Å². The number of aromatic nitrogens is 1. The third-order valence-corrected chi connectivity index (χ3v) is 3.66. The summed E-state index contributed by atoms with van der Waals surface area (Å²) < 4.78 is 37.7. The molecule has 0 saturated heterocycles. The molecule has 116 valence electrons. The molecule has 21 heavy (non-hydrogen) atoms. The van der Waals surface area contributed by atoms with Gasteiger partial charge in [-0.05, 0) is 32.0 Å². The maximum Gasteiger partial charge on any atom is 0.412 e. The van der Waals surface area contributed by atoms with E-state index in [1.165, 1.54) is 6.08 Å². The number of halogens is 3. The lowest BCUT2D eigenvalue weighted by atomic mass is 10.1. The molecule has 6 heteroatoms. The molecule has 1 aromatic rings. The van der Waals surface area contributed by atoms with Gasteiger partial charge in [-0.15, -0.1) is 0 Å². The first-order chi connectivity index (χ1) is 9.91. The van der Waals surface area contributed by atoms with Gasteiger partial charge in [-0.2, -0.15) is 13.2 Å². The van der Waals surface area contributed by atoms with Gasteiger partial charge in [0, 0.05) is 24.7 Å². The minimum absolute atomic E-state index is 0.0268. The summed E-state index contributed by atoms with van der Waals surface area (Å²) in [5.41, 5.74) is 1.37. The Morgan fingerprint density at radius 2 is 2.14 bits per heavy atom. The molecule has 1 N–H and O–H groups in total. The first-order valence-corrected chi connectivity index (χ1v) is 7.12. The van der Waals surface area contributed by atoms with Gasteiger partial charge in [-0.1, -0.05) is 13.0 Å². The Bertz CT molecular complexity index is 494. The second kappa shape index (κ2) is 6.47. The number of nitrogens with one attached hydrogen (secondary N) is 1. The Morgan fingerprint density at radius 3 is 2.62 bits per heavy atom. The predicted molar refractivity (Wildman–Crippen MR) is 77.3 cm³/mol. The van der Waals surface area contributed by atoms with E-state index in [0.29, 0.717) is 6.54 Å². The highest BCUT2D eigenvalue weighted by atomic mass is 19.4. The average Bonchev–Trinajstić information content (AvgIpc) is 2.47. The first kappa shape index (κ1) is 15.8. The second-order valence-electron chi connectivity index (χ2n) is 5.14. The lowest BCUT2D eigenvalue weighted by Gasteiger charge is -2.29. The molecule has 0 saturated carbocycles. The van der Waals surface area contributed by atoms with Gasteiger partial charge in [0.25, 0.3) is 0 Å². The summed E-state index contributed by atoms with van der Waals surface area (Å²) in [5.74, 6) is 0. The van der Waals surface area contributed by atoms with Crippen LogP contribution in [0.1, 0.15) is 32.0 Å². The summed E-state index contributed by atoms with van der Waals surface area (Å²) in [6.07, 6.45) is -1.18. The molecule has 1 aliphatic heterocycles. The minimum atomic E-state index is -4.20. The normalized spacial score (nSPS) is 17.6. The van der Waals surface area contributed by atoms with Crippen molar-refractivity contribution in [3.05, 3.63) is 35.7 Å². The van der Waals surface area contributed by atoms with E-state index in [9.17, 15) is 13.2 Å². The molecular formula is C15H20F3N3. The van der Waals surface area contributed by atoms with Crippen LogP contribution >= 0.6 is 0 Å². The van der Waals surface area contributed by atoms with Crippen LogP contribution in [-0.4, -0.2) is 30.8 Å². The standard InChI is InChI=1S/C15H20F3N3/c1-3-19-11(2)14-5-4-13(10-20-14)21-8-6-12(7-9-21)15(16,17)18/h4-6,10-11,19H,3,7-9H2,1-2H3. The SMILES string of the molecule is CCNC(C)c1ccc(N2CC=C(C(F)(F)F)CC2)cn1. The topological polar surface area (TPSA) is 28.2 Å². The molecule has 0 aromatic carbocycles. The van der Waals surface area contributed by atoms with Gasteiger partial charge in [-0.25, -0.2) is 0 Å². The summed E-state index contributed by atoms with van der Waals surface area (Å²) >= 11 is 0. The molecule has 0 bridgehead atoms. The van der Waals surface area contributed by atoms with Crippen molar-refractivity contribution in [1.82, 2.24) is 10.3 Å². The molecule has 0 aliphatic carbocycles. The Hall–Kier alpha value is -1.56. The summed E-state index contributed by atoms with van der Waals surface area (Å²) in [7, 11) is 0. The van der Waals surface area contributed by atoms with Gasteiger partial charge < -0.3 is 10.2 Å². The van der Waals surface area contributed by atoms with Gasteiger partial charge in [0.15, 0.2) is 0 Å². The van der Waals surface area contributed by atoms with Gasteiger partial charge in [0.05, 0.1) is 17.6 Å². The van der Waals surface area contributed by atoms with Crippen molar-refractivity contribution in [2.75, 3.05) is 24.5 Å². The molecule has 1 unspecified atom stereocenters. The molecule has 0 spiro atoms. The average molecular weight is 299 g/mol. The van der Waals surface area contributed by atoms with Crippen molar-refractivity contribution in [2.24, 2.45) is 0 Å². The fraction of sp³-hybridized carbons (Fsp3) is 0.533. The molecule has 2 heterocycles. The van der Waals surface area contributed by atoms with E-state index in [-0.39, 0.29) is 19.0 Å². The molecule has 1 aromatic heterocycles. The molecule has 0 amide bonds. The van der Waals surface area contributed by atoms with E-state index in [2.05, 4.69) is 10.3 Å². The predicted octanol–water partition coefficient (Wildman–Crippen LogP) is 3.45. The highest BCUT2D eigenvalue weighted by Crippen LogP contribution is 2.31. The minimum Gasteiger partial charge on any atom is -0.366 e. The van der Waals surface area contributed by atoms with E-state index in [4.69, 9.17) is 0 Å². The van der Waals surface area contributed by atoms with Crippen LogP contribution in [0.2, 0.25) is 0 Å². The molecule has 0 radical (unpaired) electrons. The van der Waals surface area contributed by atoms with E-state index >= 15 is 0 Å². The van der Waals surface area contributed by atoms with Gasteiger partial charge in [-0.3, -0.25) is 4.98 Å². The summed E-state index contributed by atoms with van der Waals surface area (Å²) in [5, 5.41) is 3.27. The number of nitrogens with zero attached hydrogens (tertiary/aromatic N) is 2. The van der Waals surface area contributed by atoms with Gasteiger partial charge in [0.1, 0.15) is 0 Å². The van der Waals surface area contributed by atoms with E-state index in [1.807, 2.05) is 30.9 Å². The maximum atomic E-state index is 12.6. The van der Waals surface area contributed by atoms with Crippen LogP contribution in [0, 0.1) is 0 Å². The van der Waals surface area contributed by atoms with Crippen LogP contribution in [0.3, 0.4) is 0 Å². The maximum absolute atomic E-state index is 12.6. The summed E-state index contributed by atoms with van der Waals surface area (Å²) in [6, 6.07) is 4.01.